The second-order valence-electron chi connectivity index (χ2n) is 5.85. The van der Waals surface area contributed by atoms with E-state index >= 15 is 0 Å². The van der Waals surface area contributed by atoms with Gasteiger partial charge in [0, 0.05) is 36.1 Å². The van der Waals surface area contributed by atoms with Gasteiger partial charge in [-0.25, -0.2) is 4.98 Å². The normalized spacial score (nSPS) is 16.4. The van der Waals surface area contributed by atoms with Gasteiger partial charge in [0.15, 0.2) is 0 Å². The first-order chi connectivity index (χ1) is 11.6. The largest absolute Gasteiger partial charge is 0.486 e. The number of halogens is 3. The lowest BCUT2D eigenvalue weighted by molar-refractivity contribution is -0.131. The molecule has 1 aliphatic heterocycles. The maximum atomic E-state index is 12.4. The van der Waals surface area contributed by atoms with Gasteiger partial charge < -0.3 is 15.0 Å². The van der Waals surface area contributed by atoms with Gasteiger partial charge in [-0.3, -0.25) is 4.79 Å². The van der Waals surface area contributed by atoms with Crippen LogP contribution in [0.2, 0.25) is 5.02 Å². The molecule has 0 spiro atoms. The molecule has 26 heavy (non-hydrogen) atoms. The zero-order chi connectivity index (χ0) is 16.9. The molecule has 1 amide bonds. The Hall–Kier alpha value is -1.05. The van der Waals surface area contributed by atoms with Crippen LogP contribution in [0.3, 0.4) is 0 Å². The molecule has 0 radical (unpaired) electrons. The molecule has 5 nitrogen and oxygen atoms in total. The number of piperazine rings is 1. The standard InChI is InChI=1S/C17H20ClN3O2S.2ClH/c1-12-9-21(7-6-19-12)17(22)8-14-11-24-16(20-14)10-23-15-4-2-13(18)3-5-15;;/h2-5,11-12,19H,6-10H2,1H3;2*1H. The van der Waals surface area contributed by atoms with Crippen LogP contribution < -0.4 is 10.1 Å². The molecule has 9 heteroatoms. The number of thiazole rings is 1. The SMILES string of the molecule is CC1CN(C(=O)Cc2csc(COc3ccc(Cl)cc3)n2)CCN1.Cl.Cl. The average molecular weight is 439 g/mol. The van der Waals surface area contributed by atoms with E-state index in [1.54, 1.807) is 12.1 Å². The van der Waals surface area contributed by atoms with E-state index in [1.165, 1.54) is 11.3 Å². The van der Waals surface area contributed by atoms with Crippen LogP contribution in [0, 0.1) is 0 Å². The molecule has 0 aliphatic carbocycles. The molecule has 3 rings (SSSR count). The monoisotopic (exact) mass is 437 g/mol. The third-order valence-electron chi connectivity index (χ3n) is 3.83. The quantitative estimate of drug-likeness (QED) is 0.775. The predicted octanol–water partition coefficient (Wildman–Crippen LogP) is 3.58. The molecule has 1 atom stereocenters. The Labute approximate surface area is 174 Å². The van der Waals surface area contributed by atoms with Crippen molar-refractivity contribution in [1.29, 1.82) is 0 Å². The van der Waals surface area contributed by atoms with Crippen molar-refractivity contribution in [3.05, 3.63) is 45.4 Å². The summed E-state index contributed by atoms with van der Waals surface area (Å²) >= 11 is 7.36. The summed E-state index contributed by atoms with van der Waals surface area (Å²) in [5.41, 5.74) is 0.811. The second-order valence-corrected chi connectivity index (χ2v) is 7.23. The van der Waals surface area contributed by atoms with E-state index in [4.69, 9.17) is 16.3 Å². The summed E-state index contributed by atoms with van der Waals surface area (Å²) < 4.78 is 5.68. The molecule has 1 aromatic carbocycles. The number of nitrogens with one attached hydrogen (secondary N) is 1. The van der Waals surface area contributed by atoms with E-state index in [2.05, 4.69) is 17.2 Å². The molecule has 1 saturated heterocycles. The van der Waals surface area contributed by atoms with Gasteiger partial charge in [-0.15, -0.1) is 36.2 Å². The van der Waals surface area contributed by atoms with Crippen LogP contribution in [0.4, 0.5) is 0 Å². The van der Waals surface area contributed by atoms with Crippen LogP contribution in [0.25, 0.3) is 0 Å². The molecule has 0 bridgehead atoms. The summed E-state index contributed by atoms with van der Waals surface area (Å²) in [5.74, 6) is 0.890. The Bertz CT molecular complexity index is 697. The average Bonchev–Trinajstić information content (AvgIpc) is 3.02. The van der Waals surface area contributed by atoms with Crippen molar-refractivity contribution in [3.8, 4) is 5.75 Å². The number of carbonyl (C=O) groups is 1. The van der Waals surface area contributed by atoms with Crippen molar-refractivity contribution in [2.75, 3.05) is 19.6 Å². The van der Waals surface area contributed by atoms with E-state index in [0.717, 1.165) is 36.1 Å². The molecule has 144 valence electrons. The van der Waals surface area contributed by atoms with Gasteiger partial charge in [-0.05, 0) is 31.2 Å². The van der Waals surface area contributed by atoms with Crippen LogP contribution in [0.5, 0.6) is 5.75 Å². The topological polar surface area (TPSA) is 54.5 Å². The number of hydrogen-bond donors (Lipinski definition) is 1. The molecule has 1 unspecified atom stereocenters. The maximum Gasteiger partial charge on any atom is 0.228 e. The summed E-state index contributed by atoms with van der Waals surface area (Å²) in [6.07, 6.45) is 0.351. The zero-order valence-electron chi connectivity index (χ0n) is 14.3. The summed E-state index contributed by atoms with van der Waals surface area (Å²) in [4.78, 5) is 18.8. The Morgan fingerprint density at radius 2 is 2.12 bits per heavy atom. The number of hydrogen-bond acceptors (Lipinski definition) is 5. The molecule has 2 heterocycles. The number of carbonyl (C=O) groups excluding carboxylic acids is 1. The molecular formula is C17H22Cl3N3O2S. The van der Waals surface area contributed by atoms with Crippen molar-refractivity contribution in [1.82, 2.24) is 15.2 Å². The van der Waals surface area contributed by atoms with Crippen LogP contribution >= 0.6 is 47.8 Å². The first kappa shape index (κ1) is 23.0. The lowest BCUT2D eigenvalue weighted by Crippen LogP contribution is -2.51. The summed E-state index contributed by atoms with van der Waals surface area (Å²) in [5, 5.41) is 6.82. The van der Waals surface area contributed by atoms with Crippen LogP contribution in [-0.4, -0.2) is 41.5 Å². The highest BCUT2D eigenvalue weighted by Gasteiger charge is 2.21. The van der Waals surface area contributed by atoms with E-state index in [1.807, 2.05) is 22.4 Å². The molecule has 1 aromatic heterocycles. The van der Waals surface area contributed by atoms with Crippen LogP contribution in [0.1, 0.15) is 17.6 Å². The summed E-state index contributed by atoms with van der Waals surface area (Å²) in [6, 6.07) is 7.58. The third-order valence-corrected chi connectivity index (χ3v) is 4.95. The Morgan fingerprint density at radius 1 is 1.38 bits per heavy atom. The number of benzene rings is 1. The van der Waals surface area contributed by atoms with Crippen molar-refractivity contribution in [3.63, 3.8) is 0 Å². The highest BCUT2D eigenvalue weighted by atomic mass is 35.5. The fourth-order valence-electron chi connectivity index (χ4n) is 2.60. The highest BCUT2D eigenvalue weighted by Crippen LogP contribution is 2.18. The Kier molecular flexibility index (Phi) is 9.68. The van der Waals surface area contributed by atoms with E-state index < -0.39 is 0 Å². The molecule has 1 fully saturated rings. The first-order valence-corrected chi connectivity index (χ1v) is 9.19. The first-order valence-electron chi connectivity index (χ1n) is 7.93. The number of amides is 1. The number of nitrogens with zero attached hydrogens (tertiary/aromatic N) is 2. The lowest BCUT2D eigenvalue weighted by Gasteiger charge is -2.31. The van der Waals surface area contributed by atoms with Crippen molar-refractivity contribution in [2.24, 2.45) is 0 Å². The van der Waals surface area contributed by atoms with Gasteiger partial charge in [0.05, 0.1) is 12.1 Å². The van der Waals surface area contributed by atoms with Gasteiger partial charge >= 0.3 is 0 Å². The predicted molar refractivity (Wildman–Crippen MR) is 110 cm³/mol. The number of rotatable bonds is 5. The third kappa shape index (κ3) is 6.59. The molecule has 1 N–H and O–H groups in total. The van der Waals surface area contributed by atoms with E-state index in [0.29, 0.717) is 24.1 Å². The van der Waals surface area contributed by atoms with E-state index in [9.17, 15) is 4.79 Å². The lowest BCUT2D eigenvalue weighted by atomic mass is 10.2. The summed E-state index contributed by atoms with van der Waals surface area (Å²) in [6.45, 7) is 4.86. The number of ether oxygens (including phenoxy) is 1. The second kappa shape index (κ2) is 10.9. The fourth-order valence-corrected chi connectivity index (χ4v) is 3.43. The molecule has 2 aromatic rings. The minimum absolute atomic E-state index is 0. The Morgan fingerprint density at radius 3 is 2.81 bits per heavy atom. The molecular weight excluding hydrogens is 417 g/mol. The smallest absolute Gasteiger partial charge is 0.228 e. The maximum absolute atomic E-state index is 12.4. The van der Waals surface area contributed by atoms with Gasteiger partial charge in [-0.1, -0.05) is 11.6 Å². The fraction of sp³-hybridized carbons (Fsp3) is 0.412. The van der Waals surface area contributed by atoms with Crippen LogP contribution in [-0.2, 0) is 17.8 Å². The molecule has 1 aliphatic rings. The highest BCUT2D eigenvalue weighted by molar-refractivity contribution is 7.09. The van der Waals surface area contributed by atoms with Crippen molar-refractivity contribution < 1.29 is 9.53 Å². The minimum atomic E-state index is 0. The molecule has 0 saturated carbocycles. The van der Waals surface area contributed by atoms with Crippen molar-refractivity contribution >= 4 is 53.7 Å². The number of aromatic nitrogens is 1. The zero-order valence-corrected chi connectivity index (χ0v) is 17.5. The van der Waals surface area contributed by atoms with Gasteiger partial charge in [0.2, 0.25) is 5.91 Å². The minimum Gasteiger partial charge on any atom is -0.486 e. The van der Waals surface area contributed by atoms with Gasteiger partial charge in [0.1, 0.15) is 17.4 Å². The van der Waals surface area contributed by atoms with E-state index in [-0.39, 0.29) is 30.7 Å². The van der Waals surface area contributed by atoms with Crippen LogP contribution in [0.15, 0.2) is 29.6 Å². The summed E-state index contributed by atoms with van der Waals surface area (Å²) in [7, 11) is 0. The van der Waals surface area contributed by atoms with Crippen molar-refractivity contribution in [2.45, 2.75) is 26.0 Å². The van der Waals surface area contributed by atoms with Gasteiger partial charge in [0.25, 0.3) is 0 Å². The Balaban J connectivity index is 0.00000169. The van der Waals surface area contributed by atoms with Gasteiger partial charge in [-0.2, -0.15) is 0 Å².